The van der Waals surface area contributed by atoms with E-state index in [4.69, 9.17) is 4.74 Å². The van der Waals surface area contributed by atoms with Gasteiger partial charge in [-0.2, -0.15) is 0 Å². The fraction of sp³-hybridized carbons (Fsp3) is 0.429. The predicted octanol–water partition coefficient (Wildman–Crippen LogP) is 3.15. The number of sulfone groups is 1. The molecule has 0 aliphatic heterocycles. The minimum Gasteiger partial charge on any atom is -0.456 e. The van der Waals surface area contributed by atoms with Crippen molar-refractivity contribution in [2.45, 2.75) is 56.9 Å². The van der Waals surface area contributed by atoms with Crippen molar-refractivity contribution in [3.05, 3.63) is 53.0 Å². The second kappa shape index (κ2) is 12.0. The van der Waals surface area contributed by atoms with Gasteiger partial charge in [0.05, 0.1) is 28.1 Å². The number of thiazole rings is 1. The number of nitrogens with one attached hydrogen (secondary N) is 2. The van der Waals surface area contributed by atoms with Crippen LogP contribution in [0.4, 0.5) is 0 Å². The van der Waals surface area contributed by atoms with Crippen LogP contribution in [-0.4, -0.2) is 66.8 Å². The molecule has 12 heteroatoms. The molecule has 1 aliphatic rings. The average Bonchev–Trinajstić information content (AvgIpc) is 3.60. The number of hydrogen-bond acceptors (Lipinski definition) is 9. The molecule has 0 radical (unpaired) electrons. The number of aromatic nitrogens is 1. The summed E-state index contributed by atoms with van der Waals surface area (Å²) in [5.41, 5.74) is 1.99. The maximum atomic E-state index is 13.2. The van der Waals surface area contributed by atoms with Crippen molar-refractivity contribution >= 4 is 49.2 Å². The topological polar surface area (TPSA) is 152 Å². The first-order valence-electron chi connectivity index (χ1n) is 13.0. The number of amides is 2. The molecule has 10 nitrogen and oxygen atoms in total. The molecule has 0 spiro atoms. The van der Waals surface area contributed by atoms with Crippen LogP contribution in [0.1, 0.15) is 60.6 Å². The molecular weight excluding hydrogens is 554 g/mol. The van der Waals surface area contributed by atoms with Crippen molar-refractivity contribution in [2.75, 3.05) is 18.9 Å². The number of benzene rings is 2. The van der Waals surface area contributed by atoms with Crippen molar-refractivity contribution in [3.63, 3.8) is 0 Å². The normalized spacial score (nSPS) is 14.5. The Hall–Kier alpha value is -3.35. The Kier molecular flexibility index (Phi) is 8.91. The van der Waals surface area contributed by atoms with Crippen molar-refractivity contribution in [2.24, 2.45) is 0 Å². The van der Waals surface area contributed by atoms with E-state index in [1.807, 2.05) is 12.1 Å². The molecule has 40 heavy (non-hydrogen) atoms. The van der Waals surface area contributed by atoms with E-state index < -0.39 is 38.3 Å². The first kappa shape index (κ1) is 29.6. The smallest absolute Gasteiger partial charge is 0.338 e. The van der Waals surface area contributed by atoms with Crippen LogP contribution in [0.5, 0.6) is 0 Å². The predicted molar refractivity (Wildman–Crippen MR) is 153 cm³/mol. The Labute approximate surface area is 237 Å². The quantitative estimate of drug-likeness (QED) is 0.290. The molecule has 1 atom stereocenters. The van der Waals surface area contributed by atoms with Gasteiger partial charge in [0.25, 0.3) is 0 Å². The summed E-state index contributed by atoms with van der Waals surface area (Å²) in [6, 6.07) is 12.5. The SMILES string of the molecule is CC(C)(C)OC(=O)c1ccc(-c2ccc3nc(C(C(=O)NCC(=O)NC4CC4)S(=O)(=O)CCCO)sc3c2)cc1. The van der Waals surface area contributed by atoms with E-state index in [1.54, 1.807) is 51.1 Å². The minimum absolute atomic E-state index is 0.0252. The van der Waals surface area contributed by atoms with Crippen LogP contribution in [0.15, 0.2) is 42.5 Å². The number of esters is 1. The highest BCUT2D eigenvalue weighted by Gasteiger charge is 2.37. The van der Waals surface area contributed by atoms with Gasteiger partial charge < -0.3 is 20.5 Å². The molecule has 4 rings (SSSR count). The Morgan fingerprint density at radius 1 is 1.10 bits per heavy atom. The number of carbonyl (C=O) groups excluding carboxylic acids is 3. The van der Waals surface area contributed by atoms with E-state index in [2.05, 4.69) is 15.6 Å². The minimum atomic E-state index is -4.03. The average molecular weight is 588 g/mol. The molecule has 1 aromatic heterocycles. The summed E-state index contributed by atoms with van der Waals surface area (Å²) in [5.74, 6) is -2.03. The zero-order chi connectivity index (χ0) is 29.1. The van der Waals surface area contributed by atoms with Crippen LogP contribution >= 0.6 is 11.3 Å². The molecule has 3 N–H and O–H groups in total. The number of aliphatic hydroxyl groups is 1. The van der Waals surface area contributed by atoms with Gasteiger partial charge in [-0.25, -0.2) is 18.2 Å². The lowest BCUT2D eigenvalue weighted by molar-refractivity contribution is -0.126. The molecule has 1 fully saturated rings. The van der Waals surface area contributed by atoms with Crippen LogP contribution in [0, 0.1) is 0 Å². The Morgan fingerprint density at radius 2 is 1.77 bits per heavy atom. The lowest BCUT2D eigenvalue weighted by Crippen LogP contribution is -2.41. The summed E-state index contributed by atoms with van der Waals surface area (Å²) in [7, 11) is -4.03. The maximum absolute atomic E-state index is 13.2. The van der Waals surface area contributed by atoms with Gasteiger partial charge in [0.15, 0.2) is 15.1 Å². The van der Waals surface area contributed by atoms with Gasteiger partial charge in [-0.05, 0) is 75.4 Å². The number of nitrogens with zero attached hydrogens (tertiary/aromatic N) is 1. The molecule has 1 saturated carbocycles. The Morgan fingerprint density at radius 3 is 2.40 bits per heavy atom. The molecule has 3 aromatic rings. The third-order valence-corrected chi connectivity index (χ3v) is 9.28. The van der Waals surface area contributed by atoms with Crippen LogP contribution in [0.2, 0.25) is 0 Å². The standard InChI is InChI=1S/C28H33N3O7S2/c1-28(2,3)38-27(35)18-7-5-17(6-8-18)19-9-12-21-22(15-19)39-26(31-21)24(40(36,37)14-4-13-32)25(34)29-16-23(33)30-20-10-11-20/h5-9,12,15,20,24,32H,4,10-11,13-14,16H2,1-3H3,(H,29,34)(H,30,33). The van der Waals surface area contributed by atoms with Crippen molar-refractivity contribution in [1.82, 2.24) is 15.6 Å². The van der Waals surface area contributed by atoms with Gasteiger partial charge in [0.1, 0.15) is 10.6 Å². The fourth-order valence-electron chi connectivity index (χ4n) is 3.95. The molecule has 1 heterocycles. The van der Waals surface area contributed by atoms with Gasteiger partial charge >= 0.3 is 5.97 Å². The zero-order valence-electron chi connectivity index (χ0n) is 22.6. The van der Waals surface area contributed by atoms with Gasteiger partial charge in [-0.3, -0.25) is 9.59 Å². The van der Waals surface area contributed by atoms with Crippen molar-refractivity contribution < 1.29 is 32.6 Å². The maximum Gasteiger partial charge on any atom is 0.338 e. The molecule has 2 amide bonds. The molecule has 214 valence electrons. The van der Waals surface area contributed by atoms with Crippen molar-refractivity contribution in [1.29, 1.82) is 0 Å². The summed E-state index contributed by atoms with van der Waals surface area (Å²) >= 11 is 1.08. The second-order valence-electron chi connectivity index (χ2n) is 10.7. The number of aliphatic hydroxyl groups excluding tert-OH is 1. The highest BCUT2D eigenvalue weighted by Crippen LogP contribution is 2.34. The first-order valence-corrected chi connectivity index (χ1v) is 15.5. The summed E-state index contributed by atoms with van der Waals surface area (Å²) < 4.78 is 32.4. The van der Waals surface area contributed by atoms with Crippen LogP contribution in [-0.2, 0) is 24.2 Å². The van der Waals surface area contributed by atoms with Crippen molar-refractivity contribution in [3.8, 4) is 11.1 Å². The third kappa shape index (κ3) is 7.64. The number of hydrogen-bond donors (Lipinski definition) is 3. The van der Waals surface area contributed by atoms with Gasteiger partial charge in [-0.15, -0.1) is 11.3 Å². The van der Waals surface area contributed by atoms with Gasteiger partial charge in [0.2, 0.25) is 11.8 Å². The Balaban J connectivity index is 1.58. The van der Waals surface area contributed by atoms with Crippen LogP contribution in [0.3, 0.4) is 0 Å². The second-order valence-corrected chi connectivity index (χ2v) is 14.0. The van der Waals surface area contributed by atoms with E-state index in [9.17, 15) is 27.9 Å². The molecule has 1 unspecified atom stereocenters. The summed E-state index contributed by atoms with van der Waals surface area (Å²) in [6.07, 6.45) is 1.75. The molecule has 0 saturated heterocycles. The van der Waals surface area contributed by atoms with E-state index in [0.29, 0.717) is 15.8 Å². The number of ether oxygens (including phenoxy) is 1. The molecular formula is C28H33N3O7S2. The fourth-order valence-corrected chi connectivity index (χ4v) is 7.06. The van der Waals surface area contributed by atoms with Crippen LogP contribution < -0.4 is 10.6 Å². The molecule has 2 aromatic carbocycles. The highest BCUT2D eigenvalue weighted by atomic mass is 32.2. The van der Waals surface area contributed by atoms with E-state index in [1.165, 1.54) is 0 Å². The zero-order valence-corrected chi connectivity index (χ0v) is 24.2. The van der Waals surface area contributed by atoms with E-state index in [-0.39, 0.29) is 36.5 Å². The van der Waals surface area contributed by atoms with E-state index in [0.717, 1.165) is 35.3 Å². The molecule has 0 bridgehead atoms. The summed E-state index contributed by atoms with van der Waals surface area (Å²) in [6.45, 7) is 4.73. The summed E-state index contributed by atoms with van der Waals surface area (Å²) in [4.78, 5) is 42.0. The monoisotopic (exact) mass is 587 g/mol. The molecule has 1 aliphatic carbocycles. The highest BCUT2D eigenvalue weighted by molar-refractivity contribution is 7.92. The first-order chi connectivity index (χ1) is 18.9. The van der Waals surface area contributed by atoms with Gasteiger partial charge in [-0.1, -0.05) is 18.2 Å². The lowest BCUT2D eigenvalue weighted by Gasteiger charge is -2.19. The number of carbonyl (C=O) groups is 3. The lowest BCUT2D eigenvalue weighted by atomic mass is 10.0. The van der Waals surface area contributed by atoms with Gasteiger partial charge in [0, 0.05) is 12.6 Å². The van der Waals surface area contributed by atoms with Crippen LogP contribution in [0.25, 0.3) is 21.3 Å². The van der Waals surface area contributed by atoms with E-state index >= 15 is 0 Å². The number of rotatable bonds is 11. The number of fused-ring (bicyclic) bond motifs is 1. The Bertz CT molecular complexity index is 1500. The largest absolute Gasteiger partial charge is 0.456 e. The third-order valence-electron chi connectivity index (χ3n) is 6.03. The summed E-state index contributed by atoms with van der Waals surface area (Å²) in [5, 5.41) is 12.9.